The third-order valence-electron chi connectivity index (χ3n) is 2.84. The van der Waals surface area contributed by atoms with Crippen LogP contribution in [-0.4, -0.2) is 18.1 Å². The number of hydrogen-bond acceptors (Lipinski definition) is 4. The third kappa shape index (κ3) is 1.71. The molecule has 1 aromatic heterocycles. The van der Waals surface area contributed by atoms with E-state index < -0.39 is 5.41 Å². The topological polar surface area (TPSA) is 75.5 Å². The Morgan fingerprint density at radius 1 is 1.56 bits per heavy atom. The van der Waals surface area contributed by atoms with Crippen molar-refractivity contribution >= 4 is 0 Å². The fourth-order valence-electron chi connectivity index (χ4n) is 1.95. The van der Waals surface area contributed by atoms with Crippen LogP contribution in [0.2, 0.25) is 0 Å². The van der Waals surface area contributed by atoms with E-state index >= 15 is 0 Å². The summed E-state index contributed by atoms with van der Waals surface area (Å²) in [6, 6.07) is 8.08. The van der Waals surface area contributed by atoms with E-state index in [1.165, 1.54) is 0 Å². The molecule has 0 saturated heterocycles. The van der Waals surface area contributed by atoms with Crippen molar-refractivity contribution in [3.05, 3.63) is 30.1 Å². The van der Waals surface area contributed by atoms with Crippen molar-refractivity contribution in [3.63, 3.8) is 0 Å². The van der Waals surface area contributed by atoms with Gasteiger partial charge in [-0.25, -0.2) is 0 Å². The molecule has 0 amide bonds. The summed E-state index contributed by atoms with van der Waals surface area (Å²) >= 11 is 0. The quantitative estimate of drug-likeness (QED) is 0.554. The third-order valence-corrected chi connectivity index (χ3v) is 2.84. The molecule has 1 saturated carbocycles. The first-order chi connectivity index (χ1) is 7.80. The van der Waals surface area contributed by atoms with Crippen molar-refractivity contribution in [3.8, 4) is 6.07 Å². The number of nitrogens with zero attached hydrogens (tertiary/aromatic N) is 5. The molecule has 16 heavy (non-hydrogen) atoms. The van der Waals surface area contributed by atoms with Gasteiger partial charge in [-0.15, -0.1) is 0 Å². The van der Waals surface area contributed by atoms with Crippen LogP contribution in [0.5, 0.6) is 0 Å². The summed E-state index contributed by atoms with van der Waals surface area (Å²) in [6.07, 6.45) is 3.07. The number of pyridine rings is 1. The average Bonchev–Trinajstić information content (AvgIpc) is 2.29. The van der Waals surface area contributed by atoms with E-state index in [0.29, 0.717) is 12.8 Å². The van der Waals surface area contributed by atoms with Crippen LogP contribution in [0.1, 0.15) is 18.5 Å². The van der Waals surface area contributed by atoms with E-state index in [-0.39, 0.29) is 6.04 Å². The molecule has 5 nitrogen and oxygen atoms in total. The van der Waals surface area contributed by atoms with Gasteiger partial charge < -0.3 is 0 Å². The van der Waals surface area contributed by atoms with Gasteiger partial charge >= 0.3 is 0 Å². The van der Waals surface area contributed by atoms with Gasteiger partial charge in [0.15, 0.2) is 0 Å². The van der Waals surface area contributed by atoms with E-state index in [1.807, 2.05) is 18.2 Å². The lowest BCUT2D eigenvalue weighted by Crippen LogP contribution is -2.43. The zero-order chi connectivity index (χ0) is 11.4. The Hall–Kier alpha value is -2.05. The van der Waals surface area contributed by atoms with Crippen molar-refractivity contribution in [2.45, 2.75) is 24.3 Å². The Balaban J connectivity index is 2.16. The lowest BCUT2D eigenvalue weighted by atomic mass is 9.64. The van der Waals surface area contributed by atoms with Gasteiger partial charge in [0.05, 0.1) is 11.8 Å². The second-order valence-corrected chi connectivity index (χ2v) is 3.88. The van der Waals surface area contributed by atoms with Crippen molar-refractivity contribution in [2.24, 2.45) is 10.2 Å². The van der Waals surface area contributed by atoms with Crippen molar-refractivity contribution < 1.29 is 0 Å². The van der Waals surface area contributed by atoms with Crippen molar-refractivity contribution in [1.29, 1.82) is 5.26 Å². The number of nitriles is 1. The minimum absolute atomic E-state index is 0.102. The minimum Gasteiger partial charge on any atom is -0.260 e. The molecule has 0 N–H and O–H groups in total. The maximum Gasteiger partial charge on any atom is 0.216 e. The molecule has 0 spiro atoms. The SMILES string of the molecule is CN=[N+]=NC1CC(C#N)(c2ccccn2)C1. The predicted molar refractivity (Wildman–Crippen MR) is 57.5 cm³/mol. The van der Waals surface area contributed by atoms with Crippen LogP contribution in [0.25, 0.3) is 0 Å². The smallest absolute Gasteiger partial charge is 0.216 e. The molecule has 2 rings (SSSR count). The van der Waals surface area contributed by atoms with Crippen LogP contribution >= 0.6 is 0 Å². The van der Waals surface area contributed by atoms with Crippen molar-refractivity contribution in [1.82, 2.24) is 9.90 Å². The first-order valence-corrected chi connectivity index (χ1v) is 5.12. The van der Waals surface area contributed by atoms with Crippen LogP contribution in [0.15, 0.2) is 34.6 Å². The van der Waals surface area contributed by atoms with E-state index in [1.54, 1.807) is 13.2 Å². The van der Waals surface area contributed by atoms with Crippen LogP contribution in [0.4, 0.5) is 0 Å². The largest absolute Gasteiger partial charge is 0.260 e. The second kappa shape index (κ2) is 4.21. The molecule has 0 aromatic carbocycles. The van der Waals surface area contributed by atoms with Crippen LogP contribution in [0.3, 0.4) is 0 Å². The van der Waals surface area contributed by atoms with Gasteiger partial charge in [0.2, 0.25) is 4.91 Å². The highest BCUT2D eigenvalue weighted by atomic mass is 15.2. The summed E-state index contributed by atoms with van der Waals surface area (Å²) in [6.45, 7) is 0. The molecular formula is C11H12N5+. The molecule has 0 radical (unpaired) electrons. The first kappa shape index (κ1) is 10.5. The van der Waals surface area contributed by atoms with Gasteiger partial charge in [0.25, 0.3) is 0 Å². The fourth-order valence-corrected chi connectivity index (χ4v) is 1.95. The normalized spacial score (nSPS) is 27.1. The van der Waals surface area contributed by atoms with Gasteiger partial charge in [0, 0.05) is 19.0 Å². The highest BCUT2D eigenvalue weighted by Crippen LogP contribution is 2.43. The van der Waals surface area contributed by atoms with Crippen molar-refractivity contribution in [2.75, 3.05) is 7.05 Å². The molecule has 1 heterocycles. The molecule has 0 bridgehead atoms. The summed E-state index contributed by atoms with van der Waals surface area (Å²) in [5.74, 6) is 0. The number of hydrogen-bond donors (Lipinski definition) is 0. The maximum absolute atomic E-state index is 9.25. The monoisotopic (exact) mass is 214 g/mol. The molecule has 1 aliphatic rings. The summed E-state index contributed by atoms with van der Waals surface area (Å²) in [4.78, 5) is 7.85. The van der Waals surface area contributed by atoms with Gasteiger partial charge in [-0.05, 0) is 12.1 Å². The van der Waals surface area contributed by atoms with Crippen LogP contribution < -0.4 is 4.91 Å². The molecule has 1 aromatic rings. The lowest BCUT2D eigenvalue weighted by molar-refractivity contribution is 0.257. The van der Waals surface area contributed by atoms with E-state index in [2.05, 4.69) is 26.2 Å². The minimum atomic E-state index is -0.474. The molecule has 0 atom stereocenters. The summed E-state index contributed by atoms with van der Waals surface area (Å²) in [7, 11) is 1.58. The Kier molecular flexibility index (Phi) is 2.76. The summed E-state index contributed by atoms with van der Waals surface area (Å²) < 4.78 is 0. The fraction of sp³-hybridized carbons (Fsp3) is 0.455. The standard InChI is InChI=1S/C11H12N5/c1-13-16-15-9-6-11(7-9,8-12)10-4-2-3-5-14-10/h2-5,9H,6-7H2,1H3/q+1. The number of rotatable bonds is 2. The Labute approximate surface area is 93.6 Å². The Bertz CT molecular complexity index is 461. The molecule has 1 fully saturated rings. The highest BCUT2D eigenvalue weighted by molar-refractivity contribution is 5.31. The lowest BCUT2D eigenvalue weighted by Gasteiger charge is -2.36. The molecular weight excluding hydrogens is 202 g/mol. The van der Waals surface area contributed by atoms with Gasteiger partial charge in [-0.2, -0.15) is 5.26 Å². The zero-order valence-electron chi connectivity index (χ0n) is 9.04. The van der Waals surface area contributed by atoms with E-state index in [9.17, 15) is 5.26 Å². The van der Waals surface area contributed by atoms with Crippen LogP contribution in [0, 0.1) is 11.3 Å². The zero-order valence-corrected chi connectivity index (χ0v) is 9.04. The average molecular weight is 214 g/mol. The first-order valence-electron chi connectivity index (χ1n) is 5.12. The van der Waals surface area contributed by atoms with Gasteiger partial charge in [-0.3, -0.25) is 4.98 Å². The van der Waals surface area contributed by atoms with Crippen LogP contribution in [-0.2, 0) is 5.41 Å². The molecule has 0 unspecified atom stereocenters. The highest BCUT2D eigenvalue weighted by Gasteiger charge is 2.49. The maximum atomic E-state index is 9.25. The molecule has 1 aliphatic carbocycles. The Morgan fingerprint density at radius 2 is 2.38 bits per heavy atom. The molecule has 0 aliphatic heterocycles. The summed E-state index contributed by atoms with van der Waals surface area (Å²) in [5.41, 5.74) is 0.357. The summed E-state index contributed by atoms with van der Waals surface area (Å²) in [5, 5.41) is 16.8. The predicted octanol–water partition coefficient (Wildman–Crippen LogP) is 1.61. The Morgan fingerprint density at radius 3 is 2.94 bits per heavy atom. The van der Waals surface area contributed by atoms with E-state index in [0.717, 1.165) is 5.69 Å². The molecule has 5 heteroatoms. The second-order valence-electron chi connectivity index (χ2n) is 3.88. The van der Waals surface area contributed by atoms with E-state index in [4.69, 9.17) is 0 Å². The molecule has 80 valence electrons. The number of aromatic nitrogens is 1. The van der Waals surface area contributed by atoms with Gasteiger partial charge in [0.1, 0.15) is 28.7 Å². The van der Waals surface area contributed by atoms with Gasteiger partial charge in [-0.1, -0.05) is 6.07 Å².